The molecule has 1 saturated heterocycles. The van der Waals surface area contributed by atoms with Gasteiger partial charge in [-0.3, -0.25) is 9.58 Å². The van der Waals surface area contributed by atoms with Crippen molar-refractivity contribution >= 4 is 15.9 Å². The minimum Gasteiger partial charge on any atom is -0.317 e. The third kappa shape index (κ3) is 3.83. The molecule has 0 unspecified atom stereocenters. The molecule has 0 amide bonds. The van der Waals surface area contributed by atoms with Crippen molar-refractivity contribution in [1.29, 1.82) is 0 Å². The molecule has 0 aromatic carbocycles. The molecule has 1 fully saturated rings. The molecule has 1 aromatic heterocycles. The van der Waals surface area contributed by atoms with Gasteiger partial charge in [-0.05, 0) is 68.2 Å². The zero-order chi connectivity index (χ0) is 14.5. The van der Waals surface area contributed by atoms with Gasteiger partial charge in [-0.2, -0.15) is 5.10 Å². The van der Waals surface area contributed by atoms with E-state index in [9.17, 15) is 0 Å². The Hall–Kier alpha value is -0.390. The molecule has 0 radical (unpaired) electrons. The van der Waals surface area contributed by atoms with Crippen molar-refractivity contribution in [3.63, 3.8) is 0 Å². The van der Waals surface area contributed by atoms with E-state index < -0.39 is 0 Å². The van der Waals surface area contributed by atoms with E-state index in [1.54, 1.807) is 0 Å². The standard InChI is InChI=1S/C15H27BrN4/c1-4-19(10-13-6-8-17-9-7-13)11-14-15(16)12(3)18-20(14)5-2/h13,17H,4-11H2,1-3H3. The number of aromatic nitrogens is 2. The Morgan fingerprint density at radius 3 is 2.65 bits per heavy atom. The van der Waals surface area contributed by atoms with Crippen molar-refractivity contribution in [2.24, 2.45) is 5.92 Å². The Balaban J connectivity index is 2.02. The Morgan fingerprint density at radius 1 is 1.35 bits per heavy atom. The van der Waals surface area contributed by atoms with Crippen molar-refractivity contribution in [3.8, 4) is 0 Å². The van der Waals surface area contributed by atoms with Gasteiger partial charge in [-0.25, -0.2) is 0 Å². The average molecular weight is 343 g/mol. The monoisotopic (exact) mass is 342 g/mol. The smallest absolute Gasteiger partial charge is 0.0739 e. The summed E-state index contributed by atoms with van der Waals surface area (Å²) in [6.45, 7) is 13.1. The molecular weight excluding hydrogens is 316 g/mol. The number of halogens is 1. The second kappa shape index (κ2) is 7.57. The van der Waals surface area contributed by atoms with Crippen molar-refractivity contribution in [3.05, 3.63) is 15.9 Å². The minimum atomic E-state index is 0.842. The van der Waals surface area contributed by atoms with Crippen LogP contribution >= 0.6 is 15.9 Å². The summed E-state index contributed by atoms with van der Waals surface area (Å²) >= 11 is 3.70. The van der Waals surface area contributed by atoms with E-state index in [1.165, 1.54) is 42.6 Å². The fourth-order valence-corrected chi connectivity index (χ4v) is 3.38. The fourth-order valence-electron chi connectivity index (χ4n) is 2.97. The number of nitrogens with zero attached hydrogens (tertiary/aromatic N) is 3. The van der Waals surface area contributed by atoms with Crippen LogP contribution in [0.5, 0.6) is 0 Å². The maximum absolute atomic E-state index is 4.60. The molecule has 1 aliphatic heterocycles. The van der Waals surface area contributed by atoms with Crippen LogP contribution in [-0.2, 0) is 13.1 Å². The van der Waals surface area contributed by atoms with Gasteiger partial charge in [-0.15, -0.1) is 0 Å². The summed E-state index contributed by atoms with van der Waals surface area (Å²) in [6, 6.07) is 0. The molecule has 1 aromatic rings. The van der Waals surface area contributed by atoms with E-state index in [0.717, 1.165) is 31.2 Å². The van der Waals surface area contributed by atoms with Crippen molar-refractivity contribution < 1.29 is 0 Å². The van der Waals surface area contributed by atoms with E-state index in [2.05, 4.69) is 56.7 Å². The number of nitrogens with one attached hydrogen (secondary N) is 1. The molecule has 2 rings (SSSR count). The van der Waals surface area contributed by atoms with Crippen LogP contribution in [0.1, 0.15) is 38.1 Å². The van der Waals surface area contributed by atoms with Crippen LogP contribution in [0, 0.1) is 12.8 Å². The summed E-state index contributed by atoms with van der Waals surface area (Å²) in [5.41, 5.74) is 2.42. The molecule has 0 spiro atoms. The van der Waals surface area contributed by atoms with Gasteiger partial charge in [0, 0.05) is 19.6 Å². The maximum Gasteiger partial charge on any atom is 0.0739 e. The zero-order valence-electron chi connectivity index (χ0n) is 13.0. The molecule has 1 aliphatic rings. The summed E-state index contributed by atoms with van der Waals surface area (Å²) in [6.07, 6.45) is 2.62. The highest BCUT2D eigenvalue weighted by atomic mass is 79.9. The lowest BCUT2D eigenvalue weighted by Crippen LogP contribution is -2.36. The first kappa shape index (κ1) is 16.0. The van der Waals surface area contributed by atoms with Crippen LogP contribution in [0.15, 0.2) is 4.47 Å². The van der Waals surface area contributed by atoms with Crippen molar-refractivity contribution in [2.75, 3.05) is 26.2 Å². The lowest BCUT2D eigenvalue weighted by atomic mass is 9.97. The van der Waals surface area contributed by atoms with Gasteiger partial charge in [0.25, 0.3) is 0 Å². The van der Waals surface area contributed by atoms with Gasteiger partial charge < -0.3 is 5.32 Å². The maximum atomic E-state index is 4.60. The summed E-state index contributed by atoms with van der Waals surface area (Å²) in [7, 11) is 0. The van der Waals surface area contributed by atoms with Crippen LogP contribution in [-0.4, -0.2) is 40.9 Å². The van der Waals surface area contributed by atoms with Gasteiger partial charge in [0.1, 0.15) is 0 Å². The third-order valence-corrected chi connectivity index (χ3v) is 5.28. The van der Waals surface area contributed by atoms with E-state index in [0.29, 0.717) is 0 Å². The number of hydrogen-bond acceptors (Lipinski definition) is 3. The van der Waals surface area contributed by atoms with Crippen LogP contribution in [0.3, 0.4) is 0 Å². The molecule has 0 saturated carbocycles. The highest BCUT2D eigenvalue weighted by Gasteiger charge is 2.19. The first-order valence-corrected chi connectivity index (χ1v) is 8.59. The Kier molecular flexibility index (Phi) is 6.05. The minimum absolute atomic E-state index is 0.842. The average Bonchev–Trinajstić information content (AvgIpc) is 2.75. The van der Waals surface area contributed by atoms with Gasteiger partial charge in [0.05, 0.1) is 15.9 Å². The lowest BCUT2D eigenvalue weighted by molar-refractivity contribution is 0.202. The molecular formula is C15H27BrN4. The van der Waals surface area contributed by atoms with Crippen LogP contribution in [0.4, 0.5) is 0 Å². The number of rotatable bonds is 6. The summed E-state index contributed by atoms with van der Waals surface area (Å²) < 4.78 is 3.31. The first-order valence-electron chi connectivity index (χ1n) is 7.80. The second-order valence-corrected chi connectivity index (χ2v) is 6.48. The largest absolute Gasteiger partial charge is 0.317 e. The van der Waals surface area contributed by atoms with Crippen molar-refractivity contribution in [1.82, 2.24) is 20.0 Å². The number of piperidine rings is 1. The van der Waals surface area contributed by atoms with E-state index >= 15 is 0 Å². The van der Waals surface area contributed by atoms with Crippen LogP contribution in [0.2, 0.25) is 0 Å². The van der Waals surface area contributed by atoms with E-state index in [-0.39, 0.29) is 0 Å². The summed E-state index contributed by atoms with van der Waals surface area (Å²) in [5.74, 6) is 0.842. The van der Waals surface area contributed by atoms with Gasteiger partial charge in [-0.1, -0.05) is 6.92 Å². The topological polar surface area (TPSA) is 33.1 Å². The first-order chi connectivity index (χ1) is 9.65. The predicted octanol–water partition coefficient (Wildman–Crippen LogP) is 2.80. The molecule has 0 aliphatic carbocycles. The normalized spacial score (nSPS) is 17.1. The molecule has 114 valence electrons. The highest BCUT2D eigenvalue weighted by molar-refractivity contribution is 9.10. The fraction of sp³-hybridized carbons (Fsp3) is 0.800. The SMILES string of the molecule is CCN(Cc1c(Br)c(C)nn1CC)CC1CCNCC1. The van der Waals surface area contributed by atoms with E-state index in [1.807, 2.05) is 0 Å². The molecule has 0 atom stereocenters. The summed E-state index contributed by atoms with van der Waals surface area (Å²) in [5, 5.41) is 8.04. The highest BCUT2D eigenvalue weighted by Crippen LogP contribution is 2.23. The molecule has 5 heteroatoms. The molecule has 20 heavy (non-hydrogen) atoms. The second-order valence-electron chi connectivity index (χ2n) is 5.68. The van der Waals surface area contributed by atoms with Crippen LogP contribution < -0.4 is 5.32 Å². The predicted molar refractivity (Wildman–Crippen MR) is 86.9 cm³/mol. The van der Waals surface area contributed by atoms with Crippen molar-refractivity contribution in [2.45, 2.75) is 46.7 Å². The van der Waals surface area contributed by atoms with Gasteiger partial charge in [0.15, 0.2) is 0 Å². The van der Waals surface area contributed by atoms with E-state index in [4.69, 9.17) is 0 Å². The third-order valence-electron chi connectivity index (χ3n) is 4.25. The molecule has 0 bridgehead atoms. The number of hydrogen-bond donors (Lipinski definition) is 1. The van der Waals surface area contributed by atoms with Gasteiger partial charge >= 0.3 is 0 Å². The summed E-state index contributed by atoms with van der Waals surface area (Å²) in [4.78, 5) is 2.56. The molecule has 1 N–H and O–H groups in total. The molecule has 2 heterocycles. The Labute approximate surface area is 131 Å². The van der Waals surface area contributed by atoms with Crippen LogP contribution in [0.25, 0.3) is 0 Å². The Bertz CT molecular complexity index is 424. The Morgan fingerprint density at radius 2 is 2.05 bits per heavy atom. The zero-order valence-corrected chi connectivity index (χ0v) is 14.5. The molecule has 4 nitrogen and oxygen atoms in total. The van der Waals surface area contributed by atoms with Gasteiger partial charge in [0.2, 0.25) is 0 Å². The lowest BCUT2D eigenvalue weighted by Gasteiger charge is -2.29. The number of aryl methyl sites for hydroxylation is 2. The quantitative estimate of drug-likeness (QED) is 0.862.